The molecule has 1 aliphatic heterocycles. The Morgan fingerprint density at radius 1 is 1.60 bits per heavy atom. The van der Waals surface area contributed by atoms with E-state index in [2.05, 4.69) is 19.9 Å². The summed E-state index contributed by atoms with van der Waals surface area (Å²) in [6.45, 7) is 4.85. The molecule has 2 aromatic rings. The molecule has 0 spiro atoms. The maximum Gasteiger partial charge on any atom is 0.251 e. The SMILES string of the molecule is Cc1nc([C@H]2CN(Cc3nccs3)CCO2)cc(=O)[nH]1. The lowest BCUT2D eigenvalue weighted by Gasteiger charge is -2.31. The fourth-order valence-corrected chi connectivity index (χ4v) is 2.97. The first-order valence-corrected chi connectivity index (χ1v) is 7.39. The first-order chi connectivity index (χ1) is 9.70. The minimum absolute atomic E-state index is 0.131. The van der Waals surface area contributed by atoms with E-state index >= 15 is 0 Å². The van der Waals surface area contributed by atoms with Gasteiger partial charge < -0.3 is 9.72 Å². The Morgan fingerprint density at radius 3 is 3.25 bits per heavy atom. The number of aromatic amines is 1. The van der Waals surface area contributed by atoms with Crippen LogP contribution in [-0.2, 0) is 11.3 Å². The average molecular weight is 292 g/mol. The Labute approximate surface area is 120 Å². The van der Waals surface area contributed by atoms with Crippen LogP contribution < -0.4 is 5.56 Å². The molecule has 2 aromatic heterocycles. The van der Waals surface area contributed by atoms with Gasteiger partial charge in [0.1, 0.15) is 16.9 Å². The number of H-pyrrole nitrogens is 1. The van der Waals surface area contributed by atoms with Crippen LogP contribution in [-0.4, -0.2) is 39.5 Å². The molecule has 0 radical (unpaired) electrons. The summed E-state index contributed by atoms with van der Waals surface area (Å²) in [6.07, 6.45) is 1.67. The van der Waals surface area contributed by atoms with Crippen LogP contribution >= 0.6 is 11.3 Å². The lowest BCUT2D eigenvalue weighted by Crippen LogP contribution is -2.38. The number of aryl methyl sites for hydroxylation is 1. The van der Waals surface area contributed by atoms with Gasteiger partial charge in [0, 0.05) is 30.7 Å². The Hall–Kier alpha value is -1.57. The van der Waals surface area contributed by atoms with Crippen LogP contribution in [0.3, 0.4) is 0 Å². The number of ether oxygens (including phenoxy) is 1. The molecule has 1 saturated heterocycles. The Balaban J connectivity index is 1.72. The molecule has 1 fully saturated rings. The maximum absolute atomic E-state index is 11.5. The van der Waals surface area contributed by atoms with Gasteiger partial charge in [-0.2, -0.15) is 0 Å². The molecule has 0 unspecified atom stereocenters. The smallest absolute Gasteiger partial charge is 0.251 e. The first-order valence-electron chi connectivity index (χ1n) is 6.51. The van der Waals surface area contributed by atoms with Gasteiger partial charge in [0.05, 0.1) is 18.8 Å². The zero-order valence-corrected chi connectivity index (χ0v) is 12.0. The van der Waals surface area contributed by atoms with Crippen molar-refractivity contribution in [1.29, 1.82) is 0 Å². The van der Waals surface area contributed by atoms with E-state index in [1.807, 2.05) is 11.6 Å². The molecular formula is C13H16N4O2S. The summed E-state index contributed by atoms with van der Waals surface area (Å²) in [5.41, 5.74) is 0.572. The largest absolute Gasteiger partial charge is 0.369 e. The van der Waals surface area contributed by atoms with Gasteiger partial charge in [0.15, 0.2) is 0 Å². The van der Waals surface area contributed by atoms with Crippen molar-refractivity contribution in [1.82, 2.24) is 19.9 Å². The molecule has 1 atom stereocenters. The van der Waals surface area contributed by atoms with E-state index in [1.165, 1.54) is 6.07 Å². The maximum atomic E-state index is 11.5. The van der Waals surface area contributed by atoms with E-state index in [1.54, 1.807) is 18.3 Å². The third-order valence-electron chi connectivity index (χ3n) is 3.20. The predicted octanol–water partition coefficient (Wildman–Crippen LogP) is 1.11. The second kappa shape index (κ2) is 5.82. The summed E-state index contributed by atoms with van der Waals surface area (Å²) in [5, 5.41) is 3.08. The third kappa shape index (κ3) is 3.12. The van der Waals surface area contributed by atoms with E-state index in [4.69, 9.17) is 4.74 Å². The first kappa shape index (κ1) is 13.4. The van der Waals surface area contributed by atoms with Gasteiger partial charge in [-0.25, -0.2) is 9.97 Å². The van der Waals surface area contributed by atoms with Crippen molar-refractivity contribution in [3.8, 4) is 0 Å². The highest BCUT2D eigenvalue weighted by Crippen LogP contribution is 2.21. The van der Waals surface area contributed by atoms with Gasteiger partial charge in [0.2, 0.25) is 0 Å². The van der Waals surface area contributed by atoms with Crippen molar-refractivity contribution in [2.45, 2.75) is 19.6 Å². The zero-order chi connectivity index (χ0) is 13.9. The van der Waals surface area contributed by atoms with Gasteiger partial charge in [-0.05, 0) is 6.92 Å². The molecule has 3 heterocycles. The fraction of sp³-hybridized carbons (Fsp3) is 0.462. The molecule has 1 aliphatic rings. The molecule has 0 bridgehead atoms. The minimum Gasteiger partial charge on any atom is -0.369 e. The molecule has 0 saturated carbocycles. The van der Waals surface area contributed by atoms with E-state index < -0.39 is 0 Å². The molecule has 1 N–H and O–H groups in total. The highest BCUT2D eigenvalue weighted by atomic mass is 32.1. The van der Waals surface area contributed by atoms with Crippen molar-refractivity contribution in [2.24, 2.45) is 0 Å². The lowest BCUT2D eigenvalue weighted by molar-refractivity contribution is -0.0351. The normalized spacial score (nSPS) is 20.1. The third-order valence-corrected chi connectivity index (χ3v) is 3.97. The lowest BCUT2D eigenvalue weighted by atomic mass is 10.2. The van der Waals surface area contributed by atoms with E-state index in [9.17, 15) is 4.79 Å². The van der Waals surface area contributed by atoms with Crippen LogP contribution in [0.2, 0.25) is 0 Å². The number of nitrogens with zero attached hydrogens (tertiary/aromatic N) is 3. The average Bonchev–Trinajstić information content (AvgIpc) is 2.91. The van der Waals surface area contributed by atoms with Gasteiger partial charge >= 0.3 is 0 Å². The van der Waals surface area contributed by atoms with Crippen LogP contribution in [0, 0.1) is 6.92 Å². The molecule has 0 amide bonds. The van der Waals surface area contributed by atoms with Crippen LogP contribution in [0.25, 0.3) is 0 Å². The number of thiazole rings is 1. The highest BCUT2D eigenvalue weighted by Gasteiger charge is 2.24. The van der Waals surface area contributed by atoms with Crippen molar-refractivity contribution >= 4 is 11.3 Å². The van der Waals surface area contributed by atoms with E-state index in [0.29, 0.717) is 18.1 Å². The molecule has 6 nitrogen and oxygen atoms in total. The summed E-state index contributed by atoms with van der Waals surface area (Å²) in [4.78, 5) is 25.1. The van der Waals surface area contributed by atoms with Gasteiger partial charge in [-0.15, -0.1) is 11.3 Å². The standard InChI is InChI=1S/C13H16N4O2S/c1-9-15-10(6-12(18)16-9)11-7-17(3-4-19-11)8-13-14-2-5-20-13/h2,5-6,11H,3-4,7-8H2,1H3,(H,15,16,18)/t11-/m1/s1. The second-order valence-electron chi connectivity index (χ2n) is 4.78. The number of aromatic nitrogens is 3. The van der Waals surface area contributed by atoms with Crippen LogP contribution in [0.4, 0.5) is 0 Å². The Bertz CT molecular complexity index is 626. The van der Waals surface area contributed by atoms with Crippen molar-refractivity contribution in [3.63, 3.8) is 0 Å². The van der Waals surface area contributed by atoms with Crippen LogP contribution in [0.5, 0.6) is 0 Å². The second-order valence-corrected chi connectivity index (χ2v) is 5.76. The molecule has 0 aromatic carbocycles. The quantitative estimate of drug-likeness (QED) is 0.917. The summed E-state index contributed by atoms with van der Waals surface area (Å²) < 4.78 is 5.75. The Morgan fingerprint density at radius 2 is 2.50 bits per heavy atom. The highest BCUT2D eigenvalue weighted by molar-refractivity contribution is 7.09. The fourth-order valence-electron chi connectivity index (χ4n) is 2.31. The molecule has 106 valence electrons. The summed E-state index contributed by atoms with van der Waals surface area (Å²) in [5.74, 6) is 0.619. The number of hydrogen-bond acceptors (Lipinski definition) is 6. The summed E-state index contributed by atoms with van der Waals surface area (Å²) in [6, 6.07) is 1.52. The van der Waals surface area contributed by atoms with E-state index in [-0.39, 0.29) is 11.7 Å². The molecule has 3 rings (SSSR count). The number of rotatable bonds is 3. The van der Waals surface area contributed by atoms with E-state index in [0.717, 1.165) is 24.6 Å². The van der Waals surface area contributed by atoms with Gasteiger partial charge in [-0.1, -0.05) is 0 Å². The van der Waals surface area contributed by atoms with Crippen molar-refractivity contribution in [2.75, 3.05) is 19.7 Å². The topological polar surface area (TPSA) is 71.1 Å². The Kier molecular flexibility index (Phi) is 3.90. The molecule has 20 heavy (non-hydrogen) atoms. The summed E-state index contributed by atoms with van der Waals surface area (Å²) in [7, 11) is 0. The minimum atomic E-state index is -0.148. The number of hydrogen-bond donors (Lipinski definition) is 1. The summed E-state index contributed by atoms with van der Waals surface area (Å²) >= 11 is 1.65. The zero-order valence-electron chi connectivity index (χ0n) is 11.2. The van der Waals surface area contributed by atoms with Crippen LogP contribution in [0.15, 0.2) is 22.4 Å². The monoisotopic (exact) mass is 292 g/mol. The molecule has 7 heteroatoms. The van der Waals surface area contributed by atoms with Crippen molar-refractivity contribution in [3.05, 3.63) is 44.5 Å². The molecular weight excluding hydrogens is 276 g/mol. The van der Waals surface area contributed by atoms with Gasteiger partial charge in [-0.3, -0.25) is 9.69 Å². The van der Waals surface area contributed by atoms with Crippen molar-refractivity contribution < 1.29 is 4.74 Å². The number of nitrogens with one attached hydrogen (secondary N) is 1. The predicted molar refractivity (Wildman–Crippen MR) is 75.7 cm³/mol. The number of morpholine rings is 1. The molecule has 0 aliphatic carbocycles. The van der Waals surface area contributed by atoms with Crippen LogP contribution in [0.1, 0.15) is 22.6 Å². The van der Waals surface area contributed by atoms with Gasteiger partial charge in [0.25, 0.3) is 5.56 Å².